The number of carbonyl (C=O) groups excluding carboxylic acids is 1. The minimum absolute atomic E-state index is 0.100. The fourth-order valence-electron chi connectivity index (χ4n) is 2.36. The third kappa shape index (κ3) is 3.88. The molecule has 6 nitrogen and oxygen atoms in total. The van der Waals surface area contributed by atoms with Crippen LogP contribution in [0.2, 0.25) is 0 Å². The predicted molar refractivity (Wildman–Crippen MR) is 76.8 cm³/mol. The maximum Gasteiger partial charge on any atom is 0.328 e. The van der Waals surface area contributed by atoms with Gasteiger partial charge in [-0.2, -0.15) is 0 Å². The van der Waals surface area contributed by atoms with Gasteiger partial charge in [-0.25, -0.2) is 4.79 Å². The summed E-state index contributed by atoms with van der Waals surface area (Å²) < 4.78 is 5.29. The van der Waals surface area contributed by atoms with Gasteiger partial charge in [0.05, 0.1) is 6.10 Å². The van der Waals surface area contributed by atoms with Crippen molar-refractivity contribution in [2.45, 2.75) is 18.9 Å². The minimum atomic E-state index is -1.06. The van der Waals surface area contributed by atoms with Crippen molar-refractivity contribution in [2.24, 2.45) is 0 Å². The van der Waals surface area contributed by atoms with Crippen LogP contribution in [0.25, 0.3) is 6.08 Å². The third-order valence-electron chi connectivity index (χ3n) is 3.55. The first-order chi connectivity index (χ1) is 10.1. The molecular weight excluding hydrogens is 272 g/mol. The average Bonchev–Trinajstić information content (AvgIpc) is 2.52. The van der Waals surface area contributed by atoms with E-state index in [1.54, 1.807) is 18.1 Å². The summed E-state index contributed by atoms with van der Waals surface area (Å²) in [5.74, 6) is -1.16. The number of nitrogens with zero attached hydrogens (tertiary/aromatic N) is 2. The number of pyridine rings is 1. The number of carboxylic acid groups (broad SMARTS) is 1. The second kappa shape index (κ2) is 6.99. The number of aromatic nitrogens is 1. The van der Waals surface area contributed by atoms with Crippen molar-refractivity contribution in [1.29, 1.82) is 0 Å². The van der Waals surface area contributed by atoms with Crippen LogP contribution in [0.3, 0.4) is 0 Å². The number of carboxylic acids is 1. The van der Waals surface area contributed by atoms with Gasteiger partial charge in [-0.15, -0.1) is 0 Å². The zero-order valence-corrected chi connectivity index (χ0v) is 11.9. The van der Waals surface area contributed by atoms with E-state index in [2.05, 4.69) is 4.98 Å². The fraction of sp³-hybridized carbons (Fsp3) is 0.400. The van der Waals surface area contributed by atoms with Crippen LogP contribution in [0, 0.1) is 0 Å². The minimum Gasteiger partial charge on any atom is -0.478 e. The van der Waals surface area contributed by atoms with E-state index in [-0.39, 0.29) is 12.0 Å². The molecule has 2 heterocycles. The van der Waals surface area contributed by atoms with Crippen LogP contribution >= 0.6 is 0 Å². The van der Waals surface area contributed by atoms with Gasteiger partial charge in [0.2, 0.25) is 0 Å². The molecule has 1 aliphatic heterocycles. The summed E-state index contributed by atoms with van der Waals surface area (Å²) in [6.45, 7) is 1.28. The topological polar surface area (TPSA) is 79.7 Å². The van der Waals surface area contributed by atoms with E-state index in [0.717, 1.165) is 18.9 Å². The highest BCUT2D eigenvalue weighted by atomic mass is 16.5. The Balaban J connectivity index is 2.14. The first kappa shape index (κ1) is 15.2. The van der Waals surface area contributed by atoms with Gasteiger partial charge >= 0.3 is 5.97 Å². The van der Waals surface area contributed by atoms with E-state index in [1.165, 1.54) is 18.5 Å². The van der Waals surface area contributed by atoms with Crippen molar-refractivity contribution in [3.05, 3.63) is 35.7 Å². The number of amides is 1. The molecule has 0 unspecified atom stereocenters. The number of piperidine rings is 1. The lowest BCUT2D eigenvalue weighted by molar-refractivity contribution is -0.131. The average molecular weight is 290 g/mol. The van der Waals surface area contributed by atoms with E-state index in [4.69, 9.17) is 9.84 Å². The molecule has 1 aliphatic rings. The molecule has 0 saturated carbocycles. The SMILES string of the molecule is COC1CCN(C(=O)c2ccncc2C=CC(=O)O)CC1. The molecule has 21 heavy (non-hydrogen) atoms. The Bertz CT molecular complexity index is 548. The molecule has 1 aromatic heterocycles. The number of methoxy groups -OCH3 is 1. The largest absolute Gasteiger partial charge is 0.478 e. The van der Waals surface area contributed by atoms with Crippen LogP contribution < -0.4 is 0 Å². The molecule has 1 saturated heterocycles. The Hall–Kier alpha value is -2.21. The number of rotatable bonds is 4. The fourth-order valence-corrected chi connectivity index (χ4v) is 2.36. The Morgan fingerprint density at radius 2 is 2.14 bits per heavy atom. The van der Waals surface area contributed by atoms with Gasteiger partial charge in [-0.05, 0) is 25.0 Å². The van der Waals surface area contributed by atoms with E-state index >= 15 is 0 Å². The molecular formula is C15H18N2O4. The van der Waals surface area contributed by atoms with Crippen LogP contribution in [-0.2, 0) is 9.53 Å². The van der Waals surface area contributed by atoms with Crippen molar-refractivity contribution in [2.75, 3.05) is 20.2 Å². The Labute approximate surface area is 123 Å². The Morgan fingerprint density at radius 3 is 2.76 bits per heavy atom. The van der Waals surface area contributed by atoms with Crippen molar-refractivity contribution in [3.8, 4) is 0 Å². The number of hydrogen-bond donors (Lipinski definition) is 1. The predicted octanol–water partition coefficient (Wildman–Crippen LogP) is 1.43. The number of likely N-dealkylation sites (tertiary alicyclic amines) is 1. The van der Waals surface area contributed by atoms with Gasteiger partial charge in [0.15, 0.2) is 0 Å². The highest BCUT2D eigenvalue weighted by Gasteiger charge is 2.24. The van der Waals surface area contributed by atoms with Crippen molar-refractivity contribution in [1.82, 2.24) is 9.88 Å². The molecule has 1 N–H and O–H groups in total. The molecule has 0 bridgehead atoms. The summed E-state index contributed by atoms with van der Waals surface area (Å²) in [6.07, 6.45) is 7.26. The summed E-state index contributed by atoms with van der Waals surface area (Å²) in [4.78, 5) is 28.9. The molecule has 0 radical (unpaired) electrons. The van der Waals surface area contributed by atoms with E-state index in [0.29, 0.717) is 24.2 Å². The van der Waals surface area contributed by atoms with Gasteiger partial charge < -0.3 is 14.7 Å². The summed E-state index contributed by atoms with van der Waals surface area (Å²) >= 11 is 0. The molecule has 2 rings (SSSR count). The molecule has 6 heteroatoms. The zero-order valence-electron chi connectivity index (χ0n) is 11.9. The first-order valence-electron chi connectivity index (χ1n) is 6.79. The van der Waals surface area contributed by atoms with Crippen molar-refractivity contribution in [3.63, 3.8) is 0 Å². The van der Waals surface area contributed by atoms with Crippen molar-refractivity contribution < 1.29 is 19.4 Å². The van der Waals surface area contributed by atoms with Crippen LogP contribution in [0.15, 0.2) is 24.5 Å². The first-order valence-corrected chi connectivity index (χ1v) is 6.79. The van der Waals surface area contributed by atoms with Gasteiger partial charge in [0.25, 0.3) is 5.91 Å². The standard InChI is InChI=1S/C15H18N2O4/c1-21-12-5-8-17(9-6-12)15(20)13-4-7-16-10-11(13)2-3-14(18)19/h2-4,7,10,12H,5-6,8-9H2,1H3,(H,18,19). The quantitative estimate of drug-likeness (QED) is 0.849. The summed E-state index contributed by atoms with van der Waals surface area (Å²) in [6, 6.07) is 1.62. The molecule has 0 aromatic carbocycles. The number of aliphatic carboxylic acids is 1. The van der Waals surface area contributed by atoms with Crippen molar-refractivity contribution >= 4 is 18.0 Å². The summed E-state index contributed by atoms with van der Waals surface area (Å²) in [5, 5.41) is 8.69. The molecule has 1 aromatic rings. The second-order valence-corrected chi connectivity index (χ2v) is 4.86. The van der Waals surface area contributed by atoms with Crippen LogP contribution in [-0.4, -0.2) is 53.2 Å². The van der Waals surface area contributed by atoms with Crippen LogP contribution in [0.1, 0.15) is 28.8 Å². The Morgan fingerprint density at radius 1 is 1.43 bits per heavy atom. The summed E-state index contributed by atoms with van der Waals surface area (Å²) in [5.41, 5.74) is 0.983. The smallest absolute Gasteiger partial charge is 0.328 e. The van der Waals surface area contributed by atoms with E-state index in [9.17, 15) is 9.59 Å². The maximum absolute atomic E-state index is 12.5. The highest BCUT2D eigenvalue weighted by molar-refractivity contribution is 5.98. The molecule has 0 atom stereocenters. The van der Waals surface area contributed by atoms with E-state index < -0.39 is 5.97 Å². The zero-order chi connectivity index (χ0) is 15.2. The lowest BCUT2D eigenvalue weighted by Gasteiger charge is -2.31. The van der Waals surface area contributed by atoms with Crippen LogP contribution in [0.5, 0.6) is 0 Å². The van der Waals surface area contributed by atoms with E-state index in [1.807, 2.05) is 0 Å². The van der Waals surface area contributed by atoms with Gasteiger partial charge in [0, 0.05) is 49.8 Å². The maximum atomic E-state index is 12.5. The normalized spacial score (nSPS) is 16.3. The second-order valence-electron chi connectivity index (χ2n) is 4.86. The van der Waals surface area contributed by atoms with Crippen LogP contribution in [0.4, 0.5) is 0 Å². The summed E-state index contributed by atoms with van der Waals surface area (Å²) in [7, 11) is 1.68. The third-order valence-corrected chi connectivity index (χ3v) is 3.55. The van der Waals surface area contributed by atoms with Gasteiger partial charge in [0.1, 0.15) is 0 Å². The lowest BCUT2D eigenvalue weighted by atomic mass is 10.0. The lowest BCUT2D eigenvalue weighted by Crippen LogP contribution is -2.40. The monoisotopic (exact) mass is 290 g/mol. The number of carbonyl (C=O) groups is 2. The Kier molecular flexibility index (Phi) is 5.05. The molecule has 0 spiro atoms. The molecule has 1 amide bonds. The number of ether oxygens (including phenoxy) is 1. The molecule has 0 aliphatic carbocycles. The molecule has 112 valence electrons. The molecule has 1 fully saturated rings. The highest BCUT2D eigenvalue weighted by Crippen LogP contribution is 2.18. The van der Waals surface area contributed by atoms with Gasteiger partial charge in [-0.3, -0.25) is 9.78 Å². The number of hydrogen-bond acceptors (Lipinski definition) is 4. The van der Waals surface area contributed by atoms with Gasteiger partial charge in [-0.1, -0.05) is 0 Å².